The number of aromatic nitrogens is 1. The summed E-state index contributed by atoms with van der Waals surface area (Å²) >= 11 is 0. The zero-order valence-corrected chi connectivity index (χ0v) is 9.87. The first kappa shape index (κ1) is 12.0. The number of carbonyl (C=O) groups is 1. The fourth-order valence-corrected chi connectivity index (χ4v) is 1.45. The summed E-state index contributed by atoms with van der Waals surface area (Å²) in [6.07, 6.45) is 1.50. The molecule has 0 aliphatic heterocycles. The van der Waals surface area contributed by atoms with Gasteiger partial charge >= 0.3 is 0 Å². The van der Waals surface area contributed by atoms with E-state index in [4.69, 9.17) is 4.52 Å². The maximum atomic E-state index is 11.7. The van der Waals surface area contributed by atoms with Gasteiger partial charge in [-0.15, -0.1) is 0 Å². The molecule has 1 heterocycles. The lowest BCUT2D eigenvalue weighted by Crippen LogP contribution is -1.97. The molecule has 2 rings (SSSR count). The van der Waals surface area contributed by atoms with Crippen molar-refractivity contribution in [1.82, 2.24) is 5.16 Å². The quantitative estimate of drug-likeness (QED) is 0.460. The minimum absolute atomic E-state index is 0.122. The Kier molecular flexibility index (Phi) is 3.86. The van der Waals surface area contributed by atoms with Gasteiger partial charge in [0.25, 0.3) is 0 Å². The highest BCUT2D eigenvalue weighted by Crippen LogP contribution is 2.18. The lowest BCUT2D eigenvalue weighted by Gasteiger charge is -1.91. The van der Waals surface area contributed by atoms with Gasteiger partial charge in [0, 0.05) is 11.6 Å². The molecule has 0 radical (unpaired) electrons. The number of hydrogen-bond donors (Lipinski definition) is 0. The second-order valence-corrected chi connectivity index (χ2v) is 3.54. The van der Waals surface area contributed by atoms with E-state index in [1.807, 2.05) is 30.3 Å². The van der Waals surface area contributed by atoms with Gasteiger partial charge in [-0.25, -0.2) is 0 Å². The molecule has 0 unspecified atom stereocenters. The van der Waals surface area contributed by atoms with E-state index in [9.17, 15) is 4.79 Å². The molecular weight excluding hydrogens is 232 g/mol. The number of benzene rings is 1. The van der Waals surface area contributed by atoms with Crippen LogP contribution in [0.1, 0.15) is 17.0 Å². The van der Waals surface area contributed by atoms with Gasteiger partial charge in [0.1, 0.15) is 12.8 Å². The van der Waals surface area contributed by atoms with Crippen LogP contribution in [0.4, 0.5) is 0 Å². The molecule has 0 bridgehead atoms. The van der Waals surface area contributed by atoms with Gasteiger partial charge in [0.05, 0.1) is 12.6 Å². The molecule has 0 spiro atoms. The Morgan fingerprint density at radius 2 is 2.22 bits per heavy atom. The van der Waals surface area contributed by atoms with Gasteiger partial charge in [-0.3, -0.25) is 4.79 Å². The summed E-state index contributed by atoms with van der Waals surface area (Å²) in [4.78, 5) is 16.2. The number of hydrogen-bond acceptors (Lipinski definition) is 5. The van der Waals surface area contributed by atoms with E-state index in [1.54, 1.807) is 6.07 Å². The Bertz CT molecular complexity index is 546. The normalized spacial score (nSPS) is 10.7. The zero-order chi connectivity index (χ0) is 12.8. The van der Waals surface area contributed by atoms with Crippen molar-refractivity contribution in [2.45, 2.75) is 6.42 Å². The Morgan fingerprint density at radius 3 is 2.94 bits per heavy atom. The van der Waals surface area contributed by atoms with Crippen LogP contribution in [0, 0.1) is 0 Å². The topological polar surface area (TPSA) is 64.7 Å². The highest BCUT2D eigenvalue weighted by Gasteiger charge is 2.12. The fourth-order valence-electron chi connectivity index (χ4n) is 1.45. The Labute approximate surface area is 104 Å². The SMILES string of the molecule is CO/N=C/CC(=O)c1cc(-c2ccccc2)no1. The maximum absolute atomic E-state index is 11.7. The number of nitrogens with zero attached hydrogens (tertiary/aromatic N) is 2. The van der Waals surface area contributed by atoms with Crippen LogP contribution in [0.3, 0.4) is 0 Å². The first-order chi connectivity index (χ1) is 8.81. The van der Waals surface area contributed by atoms with Crippen molar-refractivity contribution in [1.29, 1.82) is 0 Å². The van der Waals surface area contributed by atoms with E-state index in [-0.39, 0.29) is 18.0 Å². The van der Waals surface area contributed by atoms with Crippen LogP contribution in [0.25, 0.3) is 11.3 Å². The molecule has 18 heavy (non-hydrogen) atoms. The molecule has 1 aromatic carbocycles. The molecule has 92 valence electrons. The largest absolute Gasteiger partial charge is 0.399 e. The average molecular weight is 244 g/mol. The monoisotopic (exact) mass is 244 g/mol. The number of carbonyl (C=O) groups excluding carboxylic acids is 1. The molecule has 5 nitrogen and oxygen atoms in total. The van der Waals surface area contributed by atoms with Gasteiger partial charge in [-0.2, -0.15) is 0 Å². The molecule has 0 amide bonds. The van der Waals surface area contributed by atoms with Crippen molar-refractivity contribution >= 4 is 12.0 Å². The Balaban J connectivity index is 2.11. The molecule has 0 N–H and O–H groups in total. The molecular formula is C13H12N2O3. The van der Waals surface area contributed by atoms with Crippen molar-refractivity contribution in [3.8, 4) is 11.3 Å². The van der Waals surface area contributed by atoms with E-state index in [1.165, 1.54) is 13.3 Å². The van der Waals surface area contributed by atoms with Crippen LogP contribution in [0.5, 0.6) is 0 Å². The molecule has 0 fully saturated rings. The van der Waals surface area contributed by atoms with E-state index in [2.05, 4.69) is 15.1 Å². The van der Waals surface area contributed by atoms with Gasteiger partial charge in [-0.05, 0) is 0 Å². The molecule has 0 saturated heterocycles. The number of ketones is 1. The van der Waals surface area contributed by atoms with Crippen molar-refractivity contribution < 1.29 is 14.2 Å². The molecule has 0 aliphatic rings. The van der Waals surface area contributed by atoms with Gasteiger partial charge in [-0.1, -0.05) is 40.6 Å². The first-order valence-corrected chi connectivity index (χ1v) is 5.41. The third kappa shape index (κ3) is 2.82. The van der Waals surface area contributed by atoms with Crippen molar-refractivity contribution in [3.05, 3.63) is 42.2 Å². The minimum atomic E-state index is -0.189. The van der Waals surface area contributed by atoms with Gasteiger partial charge in [0.2, 0.25) is 11.5 Å². The summed E-state index contributed by atoms with van der Waals surface area (Å²) in [6, 6.07) is 11.1. The second kappa shape index (κ2) is 5.77. The van der Waals surface area contributed by atoms with Crippen LogP contribution in [-0.2, 0) is 4.84 Å². The van der Waals surface area contributed by atoms with Crippen molar-refractivity contribution in [2.75, 3.05) is 7.11 Å². The molecule has 2 aromatic rings. The standard InChI is InChI=1S/C13H12N2O3/c1-17-14-8-7-12(16)13-9-11(15-18-13)10-5-3-2-4-6-10/h2-6,8-9H,7H2,1H3/b14-8+. The van der Waals surface area contributed by atoms with Gasteiger partial charge < -0.3 is 9.36 Å². The number of Topliss-reactive ketones (excluding diaryl/α,β-unsaturated/α-hetero) is 1. The van der Waals surface area contributed by atoms with E-state index in [0.29, 0.717) is 5.69 Å². The second-order valence-electron chi connectivity index (χ2n) is 3.54. The van der Waals surface area contributed by atoms with E-state index >= 15 is 0 Å². The summed E-state index contributed by atoms with van der Waals surface area (Å²) in [6.45, 7) is 0. The number of oxime groups is 1. The van der Waals surface area contributed by atoms with E-state index in [0.717, 1.165) is 5.56 Å². The summed E-state index contributed by atoms with van der Waals surface area (Å²) in [5.41, 5.74) is 1.55. The summed E-state index contributed by atoms with van der Waals surface area (Å²) in [5.74, 6) is 0.0295. The summed E-state index contributed by atoms with van der Waals surface area (Å²) in [7, 11) is 1.42. The highest BCUT2D eigenvalue weighted by atomic mass is 16.6. The zero-order valence-electron chi connectivity index (χ0n) is 9.87. The molecule has 0 atom stereocenters. The van der Waals surface area contributed by atoms with Gasteiger partial charge in [0.15, 0.2) is 0 Å². The van der Waals surface area contributed by atoms with Crippen LogP contribution >= 0.6 is 0 Å². The first-order valence-electron chi connectivity index (χ1n) is 5.41. The fraction of sp³-hybridized carbons (Fsp3) is 0.154. The molecule has 1 aromatic heterocycles. The van der Waals surface area contributed by atoms with Crippen LogP contribution < -0.4 is 0 Å². The third-order valence-corrected chi connectivity index (χ3v) is 2.31. The van der Waals surface area contributed by atoms with Crippen LogP contribution in [-0.4, -0.2) is 24.3 Å². The van der Waals surface area contributed by atoms with Crippen molar-refractivity contribution in [2.24, 2.45) is 5.16 Å². The highest BCUT2D eigenvalue weighted by molar-refractivity contribution is 6.02. The predicted molar refractivity (Wildman–Crippen MR) is 66.4 cm³/mol. The predicted octanol–water partition coefficient (Wildman–Crippen LogP) is 2.55. The minimum Gasteiger partial charge on any atom is -0.399 e. The van der Waals surface area contributed by atoms with Crippen molar-refractivity contribution in [3.63, 3.8) is 0 Å². The van der Waals surface area contributed by atoms with E-state index < -0.39 is 0 Å². The number of rotatable bonds is 5. The molecule has 0 aliphatic carbocycles. The average Bonchev–Trinajstić information content (AvgIpc) is 2.89. The molecule has 5 heteroatoms. The Hall–Kier alpha value is -2.43. The Morgan fingerprint density at radius 1 is 1.44 bits per heavy atom. The summed E-state index contributed by atoms with van der Waals surface area (Å²) < 4.78 is 5.01. The van der Waals surface area contributed by atoms with Crippen LogP contribution in [0.2, 0.25) is 0 Å². The smallest absolute Gasteiger partial charge is 0.206 e. The van der Waals surface area contributed by atoms with Crippen LogP contribution in [0.15, 0.2) is 46.1 Å². The third-order valence-electron chi connectivity index (χ3n) is 2.31. The molecule has 0 saturated carbocycles. The lowest BCUT2D eigenvalue weighted by atomic mass is 10.1. The summed E-state index contributed by atoms with van der Waals surface area (Å²) in [5, 5.41) is 7.36. The maximum Gasteiger partial charge on any atom is 0.206 e. The lowest BCUT2D eigenvalue weighted by molar-refractivity contribution is 0.0965.